The van der Waals surface area contributed by atoms with Crippen molar-refractivity contribution < 1.29 is 8.42 Å². The molecule has 7 nitrogen and oxygen atoms in total. The van der Waals surface area contributed by atoms with Gasteiger partial charge in [0.15, 0.2) is 9.84 Å². The number of rotatable bonds is 2. The lowest BCUT2D eigenvalue weighted by molar-refractivity contribution is 0.334. The highest BCUT2D eigenvalue weighted by molar-refractivity contribution is 7.91. The quantitative estimate of drug-likeness (QED) is 0.766. The zero-order chi connectivity index (χ0) is 12.8. The van der Waals surface area contributed by atoms with Gasteiger partial charge in [0.2, 0.25) is 11.9 Å². The molecule has 1 aliphatic heterocycles. The summed E-state index contributed by atoms with van der Waals surface area (Å²) >= 11 is 0. The highest BCUT2D eigenvalue weighted by Gasteiger charge is 2.42. The van der Waals surface area contributed by atoms with E-state index in [1.807, 2.05) is 21.0 Å². The van der Waals surface area contributed by atoms with E-state index in [1.54, 1.807) is 4.90 Å². The average molecular weight is 259 g/mol. The standard InChI is InChI=1S/C9H17N5O2S/c1-9(4-5-17(15,16)6-9)14-7(10)11-8(12-14)13(2)3/h4-6H2,1-3H3,(H2,10,11,12). The Balaban J connectivity index is 2.41. The molecule has 1 aromatic heterocycles. The van der Waals surface area contributed by atoms with E-state index in [4.69, 9.17) is 5.73 Å². The Morgan fingerprint density at radius 1 is 1.47 bits per heavy atom. The van der Waals surface area contributed by atoms with Crippen LogP contribution in [0.5, 0.6) is 0 Å². The largest absolute Gasteiger partial charge is 0.368 e. The second kappa shape index (κ2) is 3.59. The van der Waals surface area contributed by atoms with Gasteiger partial charge in [-0.2, -0.15) is 4.98 Å². The summed E-state index contributed by atoms with van der Waals surface area (Å²) in [7, 11) is 0.637. The summed E-state index contributed by atoms with van der Waals surface area (Å²) in [6.07, 6.45) is 0.524. The first-order valence-electron chi connectivity index (χ1n) is 5.34. The maximum absolute atomic E-state index is 11.6. The topological polar surface area (TPSA) is 94.1 Å². The normalized spacial score (nSPS) is 27.2. The van der Waals surface area contributed by atoms with Crippen LogP contribution < -0.4 is 10.6 Å². The van der Waals surface area contributed by atoms with E-state index in [1.165, 1.54) is 4.68 Å². The van der Waals surface area contributed by atoms with Gasteiger partial charge in [-0.1, -0.05) is 0 Å². The van der Waals surface area contributed by atoms with Crippen LogP contribution in [0.25, 0.3) is 0 Å². The molecule has 0 saturated carbocycles. The molecule has 0 aromatic carbocycles. The number of aromatic nitrogens is 3. The molecule has 0 radical (unpaired) electrons. The van der Waals surface area contributed by atoms with Gasteiger partial charge in [0, 0.05) is 14.1 Å². The minimum Gasteiger partial charge on any atom is -0.368 e. The highest BCUT2D eigenvalue weighted by atomic mass is 32.2. The summed E-state index contributed by atoms with van der Waals surface area (Å²) in [6.45, 7) is 1.85. The van der Waals surface area contributed by atoms with E-state index in [2.05, 4.69) is 10.1 Å². The molecular formula is C9H17N5O2S. The van der Waals surface area contributed by atoms with Gasteiger partial charge in [-0.05, 0) is 13.3 Å². The fraction of sp³-hybridized carbons (Fsp3) is 0.778. The van der Waals surface area contributed by atoms with Gasteiger partial charge in [0.1, 0.15) is 0 Å². The first-order chi connectivity index (χ1) is 7.73. The number of sulfone groups is 1. The van der Waals surface area contributed by atoms with Crippen LogP contribution in [0.2, 0.25) is 0 Å². The highest BCUT2D eigenvalue weighted by Crippen LogP contribution is 2.32. The third kappa shape index (κ3) is 2.08. The van der Waals surface area contributed by atoms with Gasteiger partial charge in [-0.25, -0.2) is 13.1 Å². The molecule has 1 saturated heterocycles. The van der Waals surface area contributed by atoms with E-state index < -0.39 is 15.4 Å². The van der Waals surface area contributed by atoms with Crippen LogP contribution in [-0.2, 0) is 15.4 Å². The monoisotopic (exact) mass is 259 g/mol. The summed E-state index contributed by atoms with van der Waals surface area (Å²) in [4.78, 5) is 5.84. The van der Waals surface area contributed by atoms with E-state index in [9.17, 15) is 8.42 Å². The lowest BCUT2D eigenvalue weighted by atomic mass is 10.0. The van der Waals surface area contributed by atoms with Crippen LogP contribution >= 0.6 is 0 Å². The second-order valence-corrected chi connectivity index (χ2v) is 7.10. The zero-order valence-corrected chi connectivity index (χ0v) is 11.0. The van der Waals surface area contributed by atoms with Gasteiger partial charge in [-0.15, -0.1) is 5.10 Å². The van der Waals surface area contributed by atoms with E-state index >= 15 is 0 Å². The van der Waals surface area contributed by atoms with E-state index in [0.717, 1.165) is 0 Å². The maximum atomic E-state index is 11.6. The van der Waals surface area contributed by atoms with Crippen molar-refractivity contribution in [3.63, 3.8) is 0 Å². The molecule has 0 amide bonds. The van der Waals surface area contributed by atoms with Crippen molar-refractivity contribution >= 4 is 21.7 Å². The lowest BCUT2D eigenvalue weighted by Crippen LogP contribution is -2.33. The van der Waals surface area contributed by atoms with Crippen molar-refractivity contribution in [2.75, 3.05) is 36.2 Å². The molecular weight excluding hydrogens is 242 g/mol. The van der Waals surface area contributed by atoms with Gasteiger partial charge in [0.05, 0.1) is 17.0 Å². The van der Waals surface area contributed by atoms with E-state index in [-0.39, 0.29) is 17.5 Å². The molecule has 0 aliphatic carbocycles. The lowest BCUT2D eigenvalue weighted by Gasteiger charge is -2.22. The first-order valence-corrected chi connectivity index (χ1v) is 7.16. The summed E-state index contributed by atoms with van der Waals surface area (Å²) in [5.41, 5.74) is 5.22. The molecule has 8 heteroatoms. The predicted molar refractivity (Wildman–Crippen MR) is 65.7 cm³/mol. The molecule has 1 aromatic rings. The fourth-order valence-electron chi connectivity index (χ4n) is 2.06. The number of nitrogens with two attached hydrogens (primary N) is 1. The Labute approximate surface area is 101 Å². The second-order valence-electron chi connectivity index (χ2n) is 4.92. The summed E-state index contributed by atoms with van der Waals surface area (Å²) in [6, 6.07) is 0. The number of nitrogens with zero attached hydrogens (tertiary/aromatic N) is 4. The Morgan fingerprint density at radius 3 is 2.53 bits per heavy atom. The van der Waals surface area contributed by atoms with Crippen molar-refractivity contribution in [1.82, 2.24) is 14.8 Å². The Kier molecular flexibility index (Phi) is 2.57. The van der Waals surface area contributed by atoms with Gasteiger partial charge in [0.25, 0.3) is 0 Å². The summed E-state index contributed by atoms with van der Waals surface area (Å²) in [5.74, 6) is 1.00. The average Bonchev–Trinajstić information content (AvgIpc) is 2.69. The maximum Gasteiger partial charge on any atom is 0.246 e. The molecule has 1 aliphatic rings. The molecule has 0 spiro atoms. The molecule has 1 fully saturated rings. The van der Waals surface area contributed by atoms with Crippen LogP contribution in [-0.4, -0.2) is 48.8 Å². The Morgan fingerprint density at radius 2 is 2.12 bits per heavy atom. The molecule has 17 heavy (non-hydrogen) atoms. The van der Waals surface area contributed by atoms with Crippen molar-refractivity contribution in [2.24, 2.45) is 0 Å². The Hall–Kier alpha value is -1.31. The molecule has 2 heterocycles. The third-order valence-electron chi connectivity index (χ3n) is 3.01. The van der Waals surface area contributed by atoms with Crippen LogP contribution in [0, 0.1) is 0 Å². The molecule has 96 valence electrons. The minimum absolute atomic E-state index is 0.0699. The molecule has 0 bridgehead atoms. The SMILES string of the molecule is CN(C)c1nc(N)n(C2(C)CCS(=O)(=O)C2)n1. The van der Waals surface area contributed by atoms with Gasteiger partial charge >= 0.3 is 0 Å². The zero-order valence-electron chi connectivity index (χ0n) is 10.2. The predicted octanol–water partition coefficient (Wildman–Crippen LogP) is -0.540. The number of nitrogen functional groups attached to an aromatic ring is 1. The fourth-order valence-corrected chi connectivity index (χ4v) is 4.17. The molecule has 2 N–H and O–H groups in total. The van der Waals surface area contributed by atoms with Crippen molar-refractivity contribution in [3.8, 4) is 0 Å². The van der Waals surface area contributed by atoms with Crippen LogP contribution in [0.15, 0.2) is 0 Å². The van der Waals surface area contributed by atoms with Crippen LogP contribution in [0.3, 0.4) is 0 Å². The van der Waals surface area contributed by atoms with Crippen molar-refractivity contribution in [2.45, 2.75) is 18.9 Å². The van der Waals surface area contributed by atoms with Crippen LogP contribution in [0.1, 0.15) is 13.3 Å². The summed E-state index contributed by atoms with van der Waals surface area (Å²) in [5, 5.41) is 4.27. The Bertz CT molecular complexity index is 536. The van der Waals surface area contributed by atoms with E-state index in [0.29, 0.717) is 12.4 Å². The number of anilines is 2. The molecule has 1 atom stereocenters. The molecule has 2 rings (SSSR count). The summed E-state index contributed by atoms with van der Waals surface area (Å²) < 4.78 is 24.7. The van der Waals surface area contributed by atoms with Crippen molar-refractivity contribution in [3.05, 3.63) is 0 Å². The first kappa shape index (κ1) is 12.2. The third-order valence-corrected chi connectivity index (χ3v) is 4.90. The number of hydrogen-bond donors (Lipinski definition) is 1. The van der Waals surface area contributed by atoms with Crippen LogP contribution in [0.4, 0.5) is 11.9 Å². The van der Waals surface area contributed by atoms with Gasteiger partial charge < -0.3 is 10.6 Å². The van der Waals surface area contributed by atoms with Gasteiger partial charge in [-0.3, -0.25) is 0 Å². The minimum atomic E-state index is -2.99. The smallest absolute Gasteiger partial charge is 0.246 e. The van der Waals surface area contributed by atoms with Crippen molar-refractivity contribution in [1.29, 1.82) is 0 Å². The molecule has 1 unspecified atom stereocenters. The number of hydrogen-bond acceptors (Lipinski definition) is 6.